The molecule has 1 saturated heterocycles. The van der Waals surface area contributed by atoms with Crippen molar-refractivity contribution in [2.45, 2.75) is 45.3 Å². The zero-order chi connectivity index (χ0) is 19.0. The molecular formula is C17H24N6O3. The van der Waals surface area contributed by atoms with Crippen molar-refractivity contribution < 1.29 is 14.1 Å². The molecule has 0 radical (unpaired) electrons. The highest BCUT2D eigenvalue weighted by Gasteiger charge is 2.39. The summed E-state index contributed by atoms with van der Waals surface area (Å²) in [5.74, 6) is -0.0999. The molecule has 9 nitrogen and oxygen atoms in total. The molecule has 0 spiro atoms. The molecule has 2 atom stereocenters. The Balaban J connectivity index is 1.82. The Hall–Kier alpha value is -2.68. The number of rotatable bonds is 4. The number of likely N-dealkylation sites (tertiary alicyclic amines) is 1. The van der Waals surface area contributed by atoms with E-state index in [1.54, 1.807) is 16.9 Å². The molecule has 0 saturated carbocycles. The zero-order valence-corrected chi connectivity index (χ0v) is 15.4. The Kier molecular flexibility index (Phi) is 4.82. The number of hydrogen-bond donors (Lipinski definition) is 2. The average Bonchev–Trinajstić information content (AvgIpc) is 3.26. The molecule has 0 aromatic carbocycles. The normalized spacial score (nSPS) is 20.0. The van der Waals surface area contributed by atoms with Crippen LogP contribution in [0.15, 0.2) is 16.8 Å². The van der Waals surface area contributed by atoms with Gasteiger partial charge in [-0.25, -0.2) is 0 Å². The van der Waals surface area contributed by atoms with Crippen LogP contribution in [0.4, 0.5) is 0 Å². The number of aromatic nitrogens is 3. The number of aryl methyl sites for hydroxylation is 1. The van der Waals surface area contributed by atoms with Gasteiger partial charge in [-0.2, -0.15) is 5.10 Å². The Morgan fingerprint density at radius 3 is 2.77 bits per heavy atom. The summed E-state index contributed by atoms with van der Waals surface area (Å²) in [7, 11) is 1.82. The van der Waals surface area contributed by atoms with E-state index >= 15 is 0 Å². The monoisotopic (exact) mass is 360 g/mol. The summed E-state index contributed by atoms with van der Waals surface area (Å²) in [5, 5.41) is 10.9. The molecule has 2 aromatic rings. The van der Waals surface area contributed by atoms with Gasteiger partial charge >= 0.3 is 0 Å². The molecule has 3 heterocycles. The molecular weight excluding hydrogens is 336 g/mol. The lowest BCUT2D eigenvalue weighted by atomic mass is 10.1. The van der Waals surface area contributed by atoms with Crippen LogP contribution in [0.1, 0.15) is 36.5 Å². The Morgan fingerprint density at radius 2 is 2.15 bits per heavy atom. The van der Waals surface area contributed by atoms with E-state index in [0.29, 0.717) is 18.7 Å². The Bertz CT molecular complexity index is 824. The first-order chi connectivity index (χ1) is 12.3. The number of carbonyl (C=O) groups is 2. The van der Waals surface area contributed by atoms with Crippen LogP contribution >= 0.6 is 0 Å². The van der Waals surface area contributed by atoms with Gasteiger partial charge in [0.2, 0.25) is 5.91 Å². The average molecular weight is 360 g/mol. The number of carbonyl (C=O) groups excluding carboxylic acids is 2. The molecule has 2 amide bonds. The standard InChI is InChI=1S/C17H24N6O3/c1-9(2)20-16(24)14-5-11(18)8-23(14)17(25)13-6-15(26-21-13)12-7-19-22(4)10(12)3/h6-7,9,11,14H,5,8,18H2,1-4H3,(H,20,24)/t11-,14-/m0/s1. The molecule has 3 rings (SSSR count). The van der Waals surface area contributed by atoms with Gasteiger partial charge in [-0.15, -0.1) is 0 Å². The minimum absolute atomic E-state index is 0.0107. The van der Waals surface area contributed by atoms with Gasteiger partial charge in [-0.05, 0) is 27.2 Å². The molecule has 0 aliphatic carbocycles. The summed E-state index contributed by atoms with van der Waals surface area (Å²) in [6, 6.07) is 0.727. The largest absolute Gasteiger partial charge is 0.355 e. The number of nitrogens with zero attached hydrogens (tertiary/aromatic N) is 4. The molecule has 1 aliphatic heterocycles. The van der Waals surface area contributed by atoms with E-state index in [0.717, 1.165) is 11.3 Å². The van der Waals surface area contributed by atoms with Gasteiger partial charge < -0.3 is 20.5 Å². The van der Waals surface area contributed by atoms with Crippen molar-refractivity contribution in [3.8, 4) is 11.3 Å². The van der Waals surface area contributed by atoms with Gasteiger partial charge in [-0.1, -0.05) is 5.16 Å². The van der Waals surface area contributed by atoms with Crippen molar-refractivity contribution >= 4 is 11.8 Å². The lowest BCUT2D eigenvalue weighted by molar-refractivity contribution is -0.125. The third kappa shape index (κ3) is 3.34. The lowest BCUT2D eigenvalue weighted by Gasteiger charge is -2.23. The van der Waals surface area contributed by atoms with E-state index in [9.17, 15) is 9.59 Å². The topological polar surface area (TPSA) is 119 Å². The third-order valence-corrected chi connectivity index (χ3v) is 4.56. The Morgan fingerprint density at radius 1 is 1.42 bits per heavy atom. The van der Waals surface area contributed by atoms with Crippen LogP contribution in [-0.4, -0.2) is 56.3 Å². The van der Waals surface area contributed by atoms with Crippen molar-refractivity contribution in [3.63, 3.8) is 0 Å². The quantitative estimate of drug-likeness (QED) is 0.817. The molecule has 1 aliphatic rings. The summed E-state index contributed by atoms with van der Waals surface area (Å²) in [4.78, 5) is 26.8. The summed E-state index contributed by atoms with van der Waals surface area (Å²) < 4.78 is 7.04. The van der Waals surface area contributed by atoms with Crippen LogP contribution < -0.4 is 11.1 Å². The maximum absolute atomic E-state index is 12.9. The molecule has 0 unspecified atom stereocenters. The highest BCUT2D eigenvalue weighted by atomic mass is 16.5. The van der Waals surface area contributed by atoms with Crippen LogP contribution in [0, 0.1) is 6.92 Å². The van der Waals surface area contributed by atoms with E-state index in [1.807, 2.05) is 27.8 Å². The predicted molar refractivity (Wildman–Crippen MR) is 94.1 cm³/mol. The second-order valence-electron chi connectivity index (χ2n) is 6.98. The lowest BCUT2D eigenvalue weighted by Crippen LogP contribution is -2.47. The van der Waals surface area contributed by atoms with E-state index < -0.39 is 6.04 Å². The fraction of sp³-hybridized carbons (Fsp3) is 0.529. The minimum Gasteiger partial charge on any atom is -0.355 e. The smallest absolute Gasteiger partial charge is 0.276 e. The molecule has 140 valence electrons. The van der Waals surface area contributed by atoms with Gasteiger partial charge in [0.1, 0.15) is 6.04 Å². The SMILES string of the molecule is Cc1c(-c2cc(C(=O)N3C[C@@H](N)C[C@H]3C(=O)NC(C)C)no2)cnn1C. The highest BCUT2D eigenvalue weighted by Crippen LogP contribution is 2.25. The maximum Gasteiger partial charge on any atom is 0.276 e. The van der Waals surface area contributed by atoms with Crippen LogP contribution in [0.25, 0.3) is 11.3 Å². The first-order valence-corrected chi connectivity index (χ1v) is 8.60. The van der Waals surface area contributed by atoms with Crippen molar-refractivity contribution in [3.05, 3.63) is 23.7 Å². The fourth-order valence-corrected chi connectivity index (χ4v) is 3.11. The highest BCUT2D eigenvalue weighted by molar-refractivity contribution is 5.97. The first-order valence-electron chi connectivity index (χ1n) is 8.60. The minimum atomic E-state index is -0.597. The number of nitrogens with one attached hydrogen (secondary N) is 1. The summed E-state index contributed by atoms with van der Waals surface area (Å²) in [5.41, 5.74) is 7.81. The second kappa shape index (κ2) is 6.91. The van der Waals surface area contributed by atoms with Gasteiger partial charge in [0, 0.05) is 37.4 Å². The van der Waals surface area contributed by atoms with Crippen LogP contribution in [0.2, 0.25) is 0 Å². The first kappa shape index (κ1) is 18.1. The van der Waals surface area contributed by atoms with Gasteiger partial charge in [0.25, 0.3) is 5.91 Å². The third-order valence-electron chi connectivity index (χ3n) is 4.56. The predicted octanol–water partition coefficient (Wildman–Crippen LogP) is 0.450. The van der Waals surface area contributed by atoms with Gasteiger partial charge in [0.05, 0.1) is 11.8 Å². The van der Waals surface area contributed by atoms with E-state index in [1.165, 1.54) is 4.90 Å². The zero-order valence-electron chi connectivity index (χ0n) is 15.4. The molecule has 9 heteroatoms. The number of hydrogen-bond acceptors (Lipinski definition) is 6. The van der Waals surface area contributed by atoms with E-state index in [2.05, 4.69) is 15.6 Å². The fourth-order valence-electron chi connectivity index (χ4n) is 3.11. The molecule has 2 aromatic heterocycles. The molecule has 1 fully saturated rings. The Labute approximate surface area is 151 Å². The maximum atomic E-state index is 12.9. The summed E-state index contributed by atoms with van der Waals surface area (Å²) in [6.45, 7) is 5.96. The van der Waals surface area contributed by atoms with Crippen LogP contribution in [0.5, 0.6) is 0 Å². The van der Waals surface area contributed by atoms with Crippen molar-refractivity contribution in [1.29, 1.82) is 0 Å². The van der Waals surface area contributed by atoms with Crippen LogP contribution in [-0.2, 0) is 11.8 Å². The summed E-state index contributed by atoms with van der Waals surface area (Å²) >= 11 is 0. The van der Waals surface area contributed by atoms with Gasteiger partial charge in [0.15, 0.2) is 11.5 Å². The van der Waals surface area contributed by atoms with E-state index in [4.69, 9.17) is 10.3 Å². The molecule has 26 heavy (non-hydrogen) atoms. The molecule has 0 bridgehead atoms. The number of amides is 2. The van der Waals surface area contributed by atoms with Crippen molar-refractivity contribution in [2.75, 3.05) is 6.54 Å². The second-order valence-corrected chi connectivity index (χ2v) is 6.98. The van der Waals surface area contributed by atoms with Gasteiger partial charge in [-0.3, -0.25) is 14.3 Å². The van der Waals surface area contributed by atoms with Crippen molar-refractivity contribution in [1.82, 2.24) is 25.2 Å². The van der Waals surface area contributed by atoms with E-state index in [-0.39, 0.29) is 29.6 Å². The van der Waals surface area contributed by atoms with Crippen LogP contribution in [0.3, 0.4) is 0 Å². The summed E-state index contributed by atoms with van der Waals surface area (Å²) in [6.07, 6.45) is 2.09. The van der Waals surface area contributed by atoms with Crippen molar-refractivity contribution in [2.24, 2.45) is 12.8 Å². The molecule has 3 N–H and O–H groups in total. The number of nitrogens with two attached hydrogens (primary N) is 1.